The summed E-state index contributed by atoms with van der Waals surface area (Å²) in [4.78, 5) is 39.8. The number of nitrogens with zero attached hydrogens (tertiary/aromatic N) is 6. The predicted molar refractivity (Wildman–Crippen MR) is 188 cm³/mol. The number of sulfonamides is 1. The van der Waals surface area contributed by atoms with Gasteiger partial charge in [-0.3, -0.25) is 9.69 Å². The van der Waals surface area contributed by atoms with Crippen LogP contribution in [0.4, 0.5) is 14.9 Å². The molecule has 3 aliphatic rings. The summed E-state index contributed by atoms with van der Waals surface area (Å²) in [7, 11) is -1.38. The van der Waals surface area contributed by atoms with E-state index in [1.165, 1.54) is 43.6 Å². The topological polar surface area (TPSA) is 158 Å². The molecular weight excluding hydrogens is 694 g/mol. The molecule has 2 aromatic carbocycles. The van der Waals surface area contributed by atoms with Crippen LogP contribution in [-0.4, -0.2) is 113 Å². The van der Waals surface area contributed by atoms with Gasteiger partial charge in [0.1, 0.15) is 28.3 Å². The second kappa shape index (κ2) is 14.9. The predicted octanol–water partition coefficient (Wildman–Crippen LogP) is 3.30. The lowest BCUT2D eigenvalue weighted by molar-refractivity contribution is -0.121. The first-order valence-corrected chi connectivity index (χ1v) is 18.7. The third kappa shape index (κ3) is 6.48. The minimum atomic E-state index is -4.89. The Labute approximate surface area is 302 Å². The summed E-state index contributed by atoms with van der Waals surface area (Å²) in [5, 5.41) is 12.8. The third-order valence-electron chi connectivity index (χ3n) is 9.86. The summed E-state index contributed by atoms with van der Waals surface area (Å²) in [5.41, 5.74) is -3.30. The lowest BCUT2D eigenvalue weighted by Gasteiger charge is -2.43. The standard InChI is InChI=1S/C36H42FN7O7S/c1-5-50-31-21-26(49-4)9-10-32(31)52(47,48)44-30-22-29(37)24(23-38)20-28(30)36(34(44)45,27-8-7-13-39-33(27)51-6-2)40-35(46)43-18-16-42(17-19-43)25-11-14-41(3)15-12-25/h7-10,13,20-22,25H,5-6,11-12,14-19H2,1-4H3,(H,40,46). The molecule has 1 aromatic heterocycles. The fourth-order valence-corrected chi connectivity index (χ4v) is 8.77. The van der Waals surface area contributed by atoms with Gasteiger partial charge in [-0.05, 0) is 77.2 Å². The van der Waals surface area contributed by atoms with Gasteiger partial charge in [-0.1, -0.05) is 0 Å². The van der Waals surface area contributed by atoms with Crippen molar-refractivity contribution in [3.05, 3.63) is 71.2 Å². The molecule has 1 unspecified atom stereocenters. The van der Waals surface area contributed by atoms with E-state index in [0.717, 1.165) is 38.1 Å². The summed E-state index contributed by atoms with van der Waals surface area (Å²) in [5.74, 6) is -2.07. The number of halogens is 1. The number of benzene rings is 2. The van der Waals surface area contributed by atoms with E-state index in [0.29, 0.717) is 42.3 Å². The van der Waals surface area contributed by atoms with Crippen molar-refractivity contribution in [3.8, 4) is 23.4 Å². The molecule has 1 atom stereocenters. The van der Waals surface area contributed by atoms with Crippen LogP contribution in [0, 0.1) is 17.1 Å². The molecule has 16 heteroatoms. The van der Waals surface area contributed by atoms with E-state index in [2.05, 4.69) is 27.1 Å². The summed E-state index contributed by atoms with van der Waals surface area (Å²) in [6.45, 7) is 7.47. The number of pyridine rings is 1. The average Bonchev–Trinajstić information content (AvgIpc) is 3.38. The number of nitriles is 1. The first kappa shape index (κ1) is 36.8. The van der Waals surface area contributed by atoms with Crippen molar-refractivity contribution in [2.75, 3.05) is 70.9 Å². The SMILES string of the molecule is CCOc1cc(OC)ccc1S(=O)(=O)N1C(=O)C(NC(=O)N2CCN(C3CCN(C)CC3)CC2)(c2cccnc2OCC)c2cc(C#N)c(F)cc21. The highest BCUT2D eigenvalue weighted by atomic mass is 32.2. The molecule has 2 saturated heterocycles. The first-order chi connectivity index (χ1) is 25.0. The quantitative estimate of drug-likeness (QED) is 0.326. The molecule has 0 saturated carbocycles. The minimum Gasteiger partial charge on any atom is -0.497 e. The zero-order valence-corrected chi connectivity index (χ0v) is 30.4. The van der Waals surface area contributed by atoms with Crippen LogP contribution in [0.3, 0.4) is 0 Å². The molecule has 0 spiro atoms. The number of carbonyl (C=O) groups excluding carboxylic acids is 2. The lowest BCUT2D eigenvalue weighted by atomic mass is 9.83. The molecule has 4 heterocycles. The van der Waals surface area contributed by atoms with Crippen LogP contribution < -0.4 is 23.8 Å². The van der Waals surface area contributed by atoms with Gasteiger partial charge in [-0.15, -0.1) is 0 Å². The number of aromatic nitrogens is 1. The van der Waals surface area contributed by atoms with E-state index in [1.54, 1.807) is 24.8 Å². The molecule has 52 heavy (non-hydrogen) atoms. The molecule has 3 aromatic rings. The van der Waals surface area contributed by atoms with Gasteiger partial charge in [0.2, 0.25) is 5.88 Å². The number of fused-ring (bicyclic) bond motifs is 1. The highest BCUT2D eigenvalue weighted by molar-refractivity contribution is 7.93. The minimum absolute atomic E-state index is 0.00868. The van der Waals surface area contributed by atoms with Crippen LogP contribution in [0.25, 0.3) is 0 Å². The monoisotopic (exact) mass is 735 g/mol. The number of piperidine rings is 1. The number of ether oxygens (including phenoxy) is 3. The maximum absolute atomic E-state index is 15.5. The number of piperazine rings is 1. The summed E-state index contributed by atoms with van der Waals surface area (Å²) >= 11 is 0. The number of amides is 3. The highest BCUT2D eigenvalue weighted by Gasteiger charge is 2.59. The lowest BCUT2D eigenvalue weighted by Crippen LogP contribution is -2.61. The number of carbonyl (C=O) groups is 2. The van der Waals surface area contributed by atoms with Gasteiger partial charge in [0, 0.05) is 56.1 Å². The van der Waals surface area contributed by atoms with Crippen molar-refractivity contribution < 1.29 is 36.6 Å². The van der Waals surface area contributed by atoms with E-state index in [1.807, 2.05) is 0 Å². The van der Waals surface area contributed by atoms with Gasteiger partial charge >= 0.3 is 6.03 Å². The number of anilines is 1. The second-order valence-electron chi connectivity index (χ2n) is 12.8. The molecule has 0 bridgehead atoms. The third-order valence-corrected chi connectivity index (χ3v) is 11.6. The van der Waals surface area contributed by atoms with Crippen LogP contribution in [0.2, 0.25) is 0 Å². The van der Waals surface area contributed by atoms with Gasteiger partial charge < -0.3 is 29.3 Å². The molecule has 0 aliphatic carbocycles. The molecule has 6 rings (SSSR count). The summed E-state index contributed by atoms with van der Waals surface area (Å²) < 4.78 is 62.2. The Bertz CT molecular complexity index is 1990. The summed E-state index contributed by atoms with van der Waals surface area (Å²) in [6.07, 6.45) is 3.48. The van der Waals surface area contributed by atoms with E-state index in [9.17, 15) is 18.5 Å². The van der Waals surface area contributed by atoms with Crippen molar-refractivity contribution >= 4 is 27.6 Å². The van der Waals surface area contributed by atoms with Crippen LogP contribution >= 0.6 is 0 Å². The Kier molecular flexibility index (Phi) is 10.6. The Hall–Kier alpha value is -4.98. The Morgan fingerprint density at radius 1 is 1.04 bits per heavy atom. The molecule has 2 fully saturated rings. The zero-order valence-electron chi connectivity index (χ0n) is 29.6. The molecular formula is C36H42FN7O7S. The molecule has 3 amide bonds. The zero-order chi connectivity index (χ0) is 37.2. The molecule has 276 valence electrons. The molecule has 3 aliphatic heterocycles. The van der Waals surface area contributed by atoms with E-state index >= 15 is 9.18 Å². The van der Waals surface area contributed by atoms with Crippen molar-refractivity contribution in [1.29, 1.82) is 5.26 Å². The van der Waals surface area contributed by atoms with Crippen molar-refractivity contribution in [1.82, 2.24) is 25.0 Å². The van der Waals surface area contributed by atoms with Crippen molar-refractivity contribution in [2.45, 2.75) is 43.2 Å². The number of hydrogen-bond acceptors (Lipinski definition) is 11. The fourth-order valence-electron chi connectivity index (χ4n) is 7.19. The van der Waals surface area contributed by atoms with E-state index in [-0.39, 0.29) is 36.0 Å². The Morgan fingerprint density at radius 2 is 1.75 bits per heavy atom. The van der Waals surface area contributed by atoms with Crippen LogP contribution in [-0.2, 0) is 20.4 Å². The second-order valence-corrected chi connectivity index (χ2v) is 14.6. The van der Waals surface area contributed by atoms with Gasteiger partial charge in [-0.25, -0.2) is 22.6 Å². The molecule has 0 radical (unpaired) electrons. The van der Waals surface area contributed by atoms with E-state index in [4.69, 9.17) is 14.2 Å². The largest absolute Gasteiger partial charge is 0.497 e. The maximum atomic E-state index is 15.5. The van der Waals surface area contributed by atoms with Gasteiger partial charge in [-0.2, -0.15) is 9.57 Å². The van der Waals surface area contributed by atoms with Crippen molar-refractivity contribution in [2.24, 2.45) is 0 Å². The number of hydrogen-bond donors (Lipinski definition) is 1. The highest BCUT2D eigenvalue weighted by Crippen LogP contribution is 2.50. The molecule has 14 nitrogen and oxygen atoms in total. The normalized spacial score (nSPS) is 20.0. The smallest absolute Gasteiger partial charge is 0.318 e. The number of rotatable bonds is 10. The average molecular weight is 736 g/mol. The van der Waals surface area contributed by atoms with Crippen LogP contribution in [0.15, 0.2) is 53.6 Å². The Balaban J connectivity index is 1.48. The van der Waals surface area contributed by atoms with E-state index < -0.39 is 49.5 Å². The van der Waals surface area contributed by atoms with Gasteiger partial charge in [0.25, 0.3) is 15.9 Å². The number of urea groups is 1. The Morgan fingerprint density at radius 3 is 2.40 bits per heavy atom. The summed E-state index contributed by atoms with van der Waals surface area (Å²) in [6, 6.07) is 10.4. The van der Waals surface area contributed by atoms with Crippen LogP contribution in [0.1, 0.15) is 43.4 Å². The van der Waals surface area contributed by atoms with Crippen LogP contribution in [0.5, 0.6) is 17.4 Å². The molecule has 1 N–H and O–H groups in total. The van der Waals surface area contributed by atoms with Gasteiger partial charge in [0.05, 0.1) is 37.1 Å². The number of nitrogens with one attached hydrogen (secondary N) is 1. The van der Waals surface area contributed by atoms with Gasteiger partial charge in [0.15, 0.2) is 5.54 Å². The number of likely N-dealkylation sites (tertiary alicyclic amines) is 1. The van der Waals surface area contributed by atoms with Crippen molar-refractivity contribution in [3.63, 3.8) is 0 Å². The fraction of sp³-hybridized carbons (Fsp3) is 0.444. The maximum Gasteiger partial charge on any atom is 0.318 e. The number of methoxy groups -OCH3 is 1. The first-order valence-electron chi connectivity index (χ1n) is 17.2.